The molecule has 0 radical (unpaired) electrons. The molecule has 9 heteroatoms. The molecule has 0 atom stereocenters. The summed E-state index contributed by atoms with van der Waals surface area (Å²) in [7, 11) is 0. The van der Waals surface area contributed by atoms with Crippen molar-refractivity contribution in [3.05, 3.63) is 53.9 Å². The summed E-state index contributed by atoms with van der Waals surface area (Å²) >= 11 is 0. The SMILES string of the molecule is O=C(OCC(=O)N1CCN(Cc2ccc3c(c2)OCO3)CC1)c1cccc2ocnc12. The Morgan fingerprint density at radius 3 is 2.74 bits per heavy atom. The number of para-hydroxylation sites is 1. The number of carbonyl (C=O) groups excluding carboxylic acids is 2. The summed E-state index contributed by atoms with van der Waals surface area (Å²) in [6, 6.07) is 10.9. The fraction of sp³-hybridized carbons (Fsp3) is 0.318. The molecule has 0 unspecified atom stereocenters. The molecule has 1 fully saturated rings. The lowest BCUT2D eigenvalue weighted by Crippen LogP contribution is -2.49. The summed E-state index contributed by atoms with van der Waals surface area (Å²) in [5, 5.41) is 0. The van der Waals surface area contributed by atoms with Crippen molar-refractivity contribution in [2.24, 2.45) is 0 Å². The molecule has 9 nitrogen and oxygen atoms in total. The van der Waals surface area contributed by atoms with Gasteiger partial charge in [-0.2, -0.15) is 0 Å². The number of benzene rings is 2. The van der Waals surface area contributed by atoms with Crippen molar-refractivity contribution < 1.29 is 28.2 Å². The molecule has 0 bridgehead atoms. The number of nitrogens with zero attached hydrogens (tertiary/aromatic N) is 3. The van der Waals surface area contributed by atoms with Crippen LogP contribution in [0.4, 0.5) is 0 Å². The number of piperazine rings is 1. The summed E-state index contributed by atoms with van der Waals surface area (Å²) in [5.74, 6) is 0.751. The first-order valence-corrected chi connectivity index (χ1v) is 10.1. The highest BCUT2D eigenvalue weighted by molar-refractivity contribution is 6.01. The van der Waals surface area contributed by atoms with E-state index in [-0.39, 0.29) is 24.9 Å². The van der Waals surface area contributed by atoms with Gasteiger partial charge in [0.1, 0.15) is 5.52 Å². The summed E-state index contributed by atoms with van der Waals surface area (Å²) in [6.45, 7) is 3.39. The number of oxazole rings is 1. The molecular formula is C22H21N3O6. The molecule has 1 amide bonds. The third-order valence-corrected chi connectivity index (χ3v) is 5.48. The molecule has 2 aliphatic rings. The van der Waals surface area contributed by atoms with Crippen molar-refractivity contribution in [3.8, 4) is 11.5 Å². The zero-order chi connectivity index (χ0) is 21.2. The van der Waals surface area contributed by atoms with Crippen LogP contribution in [-0.4, -0.2) is 66.2 Å². The summed E-state index contributed by atoms with van der Waals surface area (Å²) in [4.78, 5) is 32.9. The van der Waals surface area contributed by atoms with Gasteiger partial charge in [-0.25, -0.2) is 9.78 Å². The van der Waals surface area contributed by atoms with Crippen LogP contribution in [0.5, 0.6) is 11.5 Å². The maximum Gasteiger partial charge on any atom is 0.340 e. The first-order chi connectivity index (χ1) is 15.2. The Kier molecular flexibility index (Phi) is 5.17. The average Bonchev–Trinajstić information content (AvgIpc) is 3.46. The first-order valence-electron chi connectivity index (χ1n) is 10.1. The zero-order valence-corrected chi connectivity index (χ0v) is 16.8. The van der Waals surface area contributed by atoms with E-state index in [0.29, 0.717) is 24.2 Å². The third kappa shape index (κ3) is 4.04. The topological polar surface area (TPSA) is 94.3 Å². The Morgan fingerprint density at radius 1 is 1.03 bits per heavy atom. The fourth-order valence-electron chi connectivity index (χ4n) is 3.80. The zero-order valence-electron chi connectivity index (χ0n) is 16.8. The van der Waals surface area contributed by atoms with E-state index in [9.17, 15) is 9.59 Å². The highest BCUT2D eigenvalue weighted by Gasteiger charge is 2.23. The monoisotopic (exact) mass is 423 g/mol. The van der Waals surface area contributed by atoms with E-state index in [1.165, 1.54) is 6.39 Å². The van der Waals surface area contributed by atoms with Crippen molar-refractivity contribution in [2.75, 3.05) is 39.6 Å². The van der Waals surface area contributed by atoms with E-state index >= 15 is 0 Å². The van der Waals surface area contributed by atoms with E-state index < -0.39 is 5.97 Å². The molecule has 2 aromatic carbocycles. The minimum absolute atomic E-state index is 0.205. The van der Waals surface area contributed by atoms with Crippen LogP contribution in [-0.2, 0) is 16.1 Å². The van der Waals surface area contributed by atoms with Gasteiger partial charge in [0.25, 0.3) is 5.91 Å². The van der Waals surface area contributed by atoms with Gasteiger partial charge in [0.05, 0.1) is 5.56 Å². The lowest BCUT2D eigenvalue weighted by Gasteiger charge is -2.34. The lowest BCUT2D eigenvalue weighted by atomic mass is 10.1. The second kappa shape index (κ2) is 8.27. The van der Waals surface area contributed by atoms with Crippen molar-refractivity contribution >= 4 is 23.0 Å². The van der Waals surface area contributed by atoms with Crippen LogP contribution in [0.3, 0.4) is 0 Å². The fourth-order valence-corrected chi connectivity index (χ4v) is 3.80. The van der Waals surface area contributed by atoms with Gasteiger partial charge in [-0.05, 0) is 29.8 Å². The number of esters is 1. The highest BCUT2D eigenvalue weighted by Crippen LogP contribution is 2.32. The smallest absolute Gasteiger partial charge is 0.340 e. The Hall–Kier alpha value is -3.59. The Morgan fingerprint density at radius 2 is 1.87 bits per heavy atom. The third-order valence-electron chi connectivity index (χ3n) is 5.48. The van der Waals surface area contributed by atoms with E-state index in [4.69, 9.17) is 18.6 Å². The van der Waals surface area contributed by atoms with Gasteiger partial charge in [-0.3, -0.25) is 9.69 Å². The van der Waals surface area contributed by atoms with E-state index in [1.807, 2.05) is 18.2 Å². The van der Waals surface area contributed by atoms with Crippen LogP contribution in [0.25, 0.3) is 11.1 Å². The summed E-state index contributed by atoms with van der Waals surface area (Å²) in [5.41, 5.74) is 2.35. The maximum absolute atomic E-state index is 12.5. The lowest BCUT2D eigenvalue weighted by molar-refractivity contribution is -0.136. The van der Waals surface area contributed by atoms with Gasteiger partial charge in [-0.15, -0.1) is 0 Å². The summed E-state index contributed by atoms with van der Waals surface area (Å²) < 4.78 is 21.2. The van der Waals surface area contributed by atoms with Crippen molar-refractivity contribution in [1.82, 2.24) is 14.8 Å². The number of hydrogen-bond donors (Lipinski definition) is 0. The number of hydrogen-bond acceptors (Lipinski definition) is 8. The standard InChI is InChI=1S/C22H21N3O6/c26-20(12-28-22(27)16-2-1-3-18-21(16)23-13-29-18)25-8-6-24(7-9-25)11-15-4-5-17-19(10-15)31-14-30-17/h1-5,10,13H,6-9,11-12,14H2. The van der Waals surface area contributed by atoms with Crippen LogP contribution < -0.4 is 9.47 Å². The van der Waals surface area contributed by atoms with Gasteiger partial charge in [0.2, 0.25) is 6.79 Å². The Labute approximate surface area is 178 Å². The second-order valence-electron chi connectivity index (χ2n) is 7.43. The Balaban J connectivity index is 1.11. The summed E-state index contributed by atoms with van der Waals surface area (Å²) in [6.07, 6.45) is 1.27. The molecule has 0 spiro atoms. The van der Waals surface area contributed by atoms with Crippen molar-refractivity contribution in [2.45, 2.75) is 6.54 Å². The van der Waals surface area contributed by atoms with Crippen LogP contribution >= 0.6 is 0 Å². The number of rotatable bonds is 5. The van der Waals surface area contributed by atoms with Crippen LogP contribution in [0.15, 0.2) is 47.2 Å². The molecule has 160 valence electrons. The van der Waals surface area contributed by atoms with Gasteiger partial charge in [0.15, 0.2) is 30.1 Å². The Bertz CT molecular complexity index is 1120. The molecule has 1 aromatic heterocycles. The minimum Gasteiger partial charge on any atom is -0.454 e. The van der Waals surface area contributed by atoms with Gasteiger partial charge < -0.3 is 23.5 Å². The highest BCUT2D eigenvalue weighted by atomic mass is 16.7. The molecule has 0 saturated carbocycles. The normalized spacial score (nSPS) is 15.9. The quantitative estimate of drug-likeness (QED) is 0.576. The molecule has 0 N–H and O–H groups in total. The predicted octanol–water partition coefficient (Wildman–Crippen LogP) is 2.06. The molecule has 3 heterocycles. The molecule has 5 rings (SSSR count). The molecular weight excluding hydrogens is 402 g/mol. The number of ether oxygens (including phenoxy) is 3. The largest absolute Gasteiger partial charge is 0.454 e. The van der Waals surface area contributed by atoms with Crippen molar-refractivity contribution in [3.63, 3.8) is 0 Å². The van der Waals surface area contributed by atoms with E-state index in [0.717, 1.165) is 36.7 Å². The van der Waals surface area contributed by atoms with Crippen LogP contribution in [0.2, 0.25) is 0 Å². The second-order valence-corrected chi connectivity index (χ2v) is 7.43. The molecule has 3 aromatic rings. The number of fused-ring (bicyclic) bond motifs is 2. The van der Waals surface area contributed by atoms with Gasteiger partial charge in [0, 0.05) is 32.7 Å². The maximum atomic E-state index is 12.5. The predicted molar refractivity (Wildman–Crippen MR) is 109 cm³/mol. The number of amides is 1. The molecule has 2 aliphatic heterocycles. The number of aromatic nitrogens is 1. The van der Waals surface area contributed by atoms with Crippen LogP contribution in [0.1, 0.15) is 15.9 Å². The van der Waals surface area contributed by atoms with E-state index in [1.54, 1.807) is 23.1 Å². The molecule has 1 saturated heterocycles. The molecule has 0 aliphatic carbocycles. The van der Waals surface area contributed by atoms with Gasteiger partial charge >= 0.3 is 5.97 Å². The van der Waals surface area contributed by atoms with E-state index in [2.05, 4.69) is 9.88 Å². The first kappa shape index (κ1) is 19.4. The minimum atomic E-state index is -0.589. The molecule has 31 heavy (non-hydrogen) atoms. The average molecular weight is 423 g/mol. The van der Waals surface area contributed by atoms with Gasteiger partial charge in [-0.1, -0.05) is 12.1 Å². The van der Waals surface area contributed by atoms with Crippen LogP contribution in [0, 0.1) is 0 Å². The van der Waals surface area contributed by atoms with Crippen molar-refractivity contribution in [1.29, 1.82) is 0 Å². The number of carbonyl (C=O) groups is 2.